The molecule has 0 unspecified atom stereocenters. The van der Waals surface area contributed by atoms with Gasteiger partial charge in [-0.1, -0.05) is 5.16 Å². The summed E-state index contributed by atoms with van der Waals surface area (Å²) in [4.78, 5) is 4.63. The van der Waals surface area contributed by atoms with Crippen LogP contribution in [0.1, 0.15) is 30.0 Å². The van der Waals surface area contributed by atoms with Crippen molar-refractivity contribution in [1.29, 1.82) is 0 Å². The van der Waals surface area contributed by atoms with Gasteiger partial charge in [0.1, 0.15) is 10.8 Å². The maximum atomic E-state index is 5.17. The minimum absolute atomic E-state index is 0.721. The van der Waals surface area contributed by atoms with E-state index in [2.05, 4.69) is 20.8 Å². The lowest BCUT2D eigenvalue weighted by atomic mass is 10.2. The smallest absolute Gasteiger partial charge is 0.144 e. The molecule has 5 heteroatoms. The zero-order chi connectivity index (χ0) is 11.8. The summed E-state index contributed by atoms with van der Waals surface area (Å²) in [6, 6.07) is 0.721. The lowest BCUT2D eigenvalue weighted by Gasteiger charge is -1.97. The Labute approximate surface area is 104 Å². The molecular weight excluding hydrogens is 234 g/mol. The summed E-state index contributed by atoms with van der Waals surface area (Å²) < 4.78 is 5.17. The van der Waals surface area contributed by atoms with Crippen molar-refractivity contribution in [2.24, 2.45) is 0 Å². The number of nitrogens with one attached hydrogen (secondary N) is 1. The Balaban J connectivity index is 1.79. The molecule has 90 valence electrons. The molecule has 0 saturated heterocycles. The molecule has 1 saturated carbocycles. The minimum atomic E-state index is 0.721. The van der Waals surface area contributed by atoms with Crippen LogP contribution in [0.4, 0.5) is 0 Å². The Morgan fingerprint density at radius 3 is 2.94 bits per heavy atom. The Morgan fingerprint density at radius 2 is 2.29 bits per heavy atom. The van der Waals surface area contributed by atoms with Gasteiger partial charge in [-0.3, -0.25) is 0 Å². The van der Waals surface area contributed by atoms with Crippen LogP contribution in [0.15, 0.2) is 9.90 Å². The van der Waals surface area contributed by atoms with E-state index in [9.17, 15) is 0 Å². The molecule has 1 N–H and O–H groups in total. The Bertz CT molecular complexity index is 508. The van der Waals surface area contributed by atoms with Gasteiger partial charge in [-0.15, -0.1) is 11.3 Å². The third-order valence-electron chi connectivity index (χ3n) is 2.95. The van der Waals surface area contributed by atoms with Crippen molar-refractivity contribution in [1.82, 2.24) is 15.5 Å². The van der Waals surface area contributed by atoms with Crippen LogP contribution in [0.5, 0.6) is 0 Å². The zero-order valence-electron chi connectivity index (χ0n) is 9.99. The highest BCUT2D eigenvalue weighted by Crippen LogP contribution is 2.29. The lowest BCUT2D eigenvalue weighted by Crippen LogP contribution is -2.15. The summed E-state index contributed by atoms with van der Waals surface area (Å²) in [6.07, 6.45) is 2.61. The van der Waals surface area contributed by atoms with Crippen LogP contribution in [0.25, 0.3) is 10.6 Å². The van der Waals surface area contributed by atoms with E-state index in [0.717, 1.165) is 40.3 Å². The summed E-state index contributed by atoms with van der Waals surface area (Å²) in [5, 5.41) is 10.5. The normalized spacial score (nSPS) is 15.4. The van der Waals surface area contributed by atoms with E-state index in [1.807, 2.05) is 13.8 Å². The standard InChI is InChI=1S/C12H15N3OS/c1-7-11(8(2)16-15-7)12-14-10(6-17-12)5-13-9-3-4-9/h6,9,13H,3-5H2,1-2H3. The third kappa shape index (κ3) is 2.25. The molecule has 0 aliphatic heterocycles. The van der Waals surface area contributed by atoms with Crippen molar-refractivity contribution in [3.63, 3.8) is 0 Å². The van der Waals surface area contributed by atoms with Gasteiger partial charge in [0, 0.05) is 18.0 Å². The molecule has 0 radical (unpaired) electrons. The highest BCUT2D eigenvalue weighted by molar-refractivity contribution is 7.13. The predicted molar refractivity (Wildman–Crippen MR) is 66.9 cm³/mol. The van der Waals surface area contributed by atoms with Crippen molar-refractivity contribution in [3.8, 4) is 10.6 Å². The molecule has 0 bridgehead atoms. The number of nitrogens with zero attached hydrogens (tertiary/aromatic N) is 2. The summed E-state index contributed by atoms with van der Waals surface area (Å²) in [5.74, 6) is 0.846. The topological polar surface area (TPSA) is 51.0 Å². The molecule has 1 fully saturated rings. The van der Waals surface area contributed by atoms with Gasteiger partial charge in [0.15, 0.2) is 0 Å². The fourth-order valence-corrected chi connectivity index (χ4v) is 2.79. The maximum absolute atomic E-state index is 5.17. The fourth-order valence-electron chi connectivity index (χ4n) is 1.83. The molecule has 2 aromatic rings. The second-order valence-corrected chi connectivity index (χ2v) is 5.36. The summed E-state index contributed by atoms with van der Waals surface area (Å²) in [6.45, 7) is 4.75. The van der Waals surface area contributed by atoms with E-state index in [-0.39, 0.29) is 0 Å². The number of hydrogen-bond acceptors (Lipinski definition) is 5. The number of rotatable bonds is 4. The number of hydrogen-bond donors (Lipinski definition) is 1. The quantitative estimate of drug-likeness (QED) is 0.905. The predicted octanol–water partition coefficient (Wildman–Crippen LogP) is 2.67. The first-order valence-corrected chi connectivity index (χ1v) is 6.73. The van der Waals surface area contributed by atoms with E-state index in [1.54, 1.807) is 11.3 Å². The zero-order valence-corrected chi connectivity index (χ0v) is 10.8. The van der Waals surface area contributed by atoms with Crippen molar-refractivity contribution in [2.75, 3.05) is 0 Å². The first-order chi connectivity index (χ1) is 8.24. The first kappa shape index (κ1) is 10.9. The van der Waals surface area contributed by atoms with Crippen molar-refractivity contribution < 1.29 is 4.52 Å². The van der Waals surface area contributed by atoms with Crippen molar-refractivity contribution >= 4 is 11.3 Å². The second-order valence-electron chi connectivity index (χ2n) is 4.50. The van der Waals surface area contributed by atoms with E-state index >= 15 is 0 Å². The molecule has 2 heterocycles. The summed E-state index contributed by atoms with van der Waals surface area (Å²) in [5.41, 5.74) is 3.07. The molecule has 2 aromatic heterocycles. The van der Waals surface area contributed by atoms with Crippen LogP contribution in [0, 0.1) is 13.8 Å². The van der Waals surface area contributed by atoms with Crippen LogP contribution in [-0.2, 0) is 6.54 Å². The van der Waals surface area contributed by atoms with Crippen LogP contribution in [0.3, 0.4) is 0 Å². The Morgan fingerprint density at radius 1 is 1.47 bits per heavy atom. The number of thiazole rings is 1. The highest BCUT2D eigenvalue weighted by Gasteiger charge is 2.21. The first-order valence-electron chi connectivity index (χ1n) is 5.85. The molecule has 0 amide bonds. The van der Waals surface area contributed by atoms with Crippen molar-refractivity contribution in [2.45, 2.75) is 39.3 Å². The monoisotopic (exact) mass is 249 g/mol. The molecule has 0 spiro atoms. The molecule has 3 rings (SSSR count). The van der Waals surface area contributed by atoms with Crippen LogP contribution in [0.2, 0.25) is 0 Å². The largest absolute Gasteiger partial charge is 0.361 e. The molecule has 4 nitrogen and oxygen atoms in total. The van der Waals surface area contributed by atoms with Gasteiger partial charge in [0.2, 0.25) is 0 Å². The summed E-state index contributed by atoms with van der Waals surface area (Å²) in [7, 11) is 0. The Kier molecular flexibility index (Phi) is 2.72. The summed E-state index contributed by atoms with van der Waals surface area (Å²) >= 11 is 1.66. The van der Waals surface area contributed by atoms with Crippen LogP contribution < -0.4 is 5.32 Å². The molecule has 17 heavy (non-hydrogen) atoms. The SMILES string of the molecule is Cc1noc(C)c1-c1nc(CNC2CC2)cs1. The van der Waals surface area contributed by atoms with Crippen molar-refractivity contribution in [3.05, 3.63) is 22.5 Å². The highest BCUT2D eigenvalue weighted by atomic mass is 32.1. The van der Waals surface area contributed by atoms with Gasteiger partial charge in [-0.2, -0.15) is 0 Å². The van der Waals surface area contributed by atoms with Gasteiger partial charge < -0.3 is 9.84 Å². The maximum Gasteiger partial charge on any atom is 0.144 e. The van der Waals surface area contributed by atoms with E-state index in [0.29, 0.717) is 0 Å². The van der Waals surface area contributed by atoms with Gasteiger partial charge in [-0.05, 0) is 26.7 Å². The molecule has 0 aromatic carbocycles. The van der Waals surface area contributed by atoms with Gasteiger partial charge in [0.25, 0.3) is 0 Å². The van der Waals surface area contributed by atoms with E-state index < -0.39 is 0 Å². The minimum Gasteiger partial charge on any atom is -0.361 e. The van der Waals surface area contributed by atoms with Gasteiger partial charge in [0.05, 0.1) is 17.0 Å². The average Bonchev–Trinajstić information content (AvgIpc) is 2.94. The van der Waals surface area contributed by atoms with Gasteiger partial charge in [-0.25, -0.2) is 4.98 Å². The van der Waals surface area contributed by atoms with E-state index in [4.69, 9.17) is 4.52 Å². The van der Waals surface area contributed by atoms with Gasteiger partial charge >= 0.3 is 0 Å². The van der Waals surface area contributed by atoms with E-state index in [1.165, 1.54) is 12.8 Å². The third-order valence-corrected chi connectivity index (χ3v) is 3.86. The lowest BCUT2D eigenvalue weighted by molar-refractivity contribution is 0.393. The molecule has 1 aliphatic carbocycles. The number of aryl methyl sites for hydroxylation is 2. The average molecular weight is 249 g/mol. The number of aromatic nitrogens is 2. The van der Waals surface area contributed by atoms with Crippen LogP contribution >= 0.6 is 11.3 Å². The van der Waals surface area contributed by atoms with Crippen LogP contribution in [-0.4, -0.2) is 16.2 Å². The molecule has 0 atom stereocenters. The fraction of sp³-hybridized carbons (Fsp3) is 0.500. The Hall–Kier alpha value is -1.20. The molecular formula is C12H15N3OS. The molecule has 1 aliphatic rings. The second kappa shape index (κ2) is 4.23.